The maximum atomic E-state index is 12.0. The lowest BCUT2D eigenvalue weighted by atomic mass is 10.1. The Morgan fingerprint density at radius 3 is 2.74 bits per heavy atom. The number of nitrogens with one attached hydrogen (secondary N) is 3. The molecule has 3 rings (SSSR count). The minimum absolute atomic E-state index is 0.0170. The number of amides is 1. The molecule has 1 aliphatic heterocycles. The molecule has 7 nitrogen and oxygen atoms in total. The van der Waals surface area contributed by atoms with Crippen LogP contribution in [0.4, 0.5) is 5.69 Å². The van der Waals surface area contributed by atoms with Crippen molar-refractivity contribution in [3.63, 3.8) is 0 Å². The van der Waals surface area contributed by atoms with Crippen LogP contribution in [-0.2, 0) is 0 Å². The number of anilines is 1. The number of hydrogen-bond acceptors (Lipinski definition) is 4. The van der Waals surface area contributed by atoms with Crippen LogP contribution in [0.3, 0.4) is 0 Å². The van der Waals surface area contributed by atoms with Crippen molar-refractivity contribution < 1.29 is 4.79 Å². The second-order valence-corrected chi connectivity index (χ2v) is 5.65. The SMILES string of the molecule is O=C(NCC1CCN(c2ccccc2)C1)c1cc(=O)[nH]c(=O)[nH]1. The van der Waals surface area contributed by atoms with E-state index < -0.39 is 17.2 Å². The molecule has 0 bridgehead atoms. The van der Waals surface area contributed by atoms with Crippen molar-refractivity contribution >= 4 is 11.6 Å². The van der Waals surface area contributed by atoms with Gasteiger partial charge in [-0.15, -0.1) is 0 Å². The molecule has 1 unspecified atom stereocenters. The van der Waals surface area contributed by atoms with Crippen molar-refractivity contribution in [3.8, 4) is 0 Å². The number of nitrogens with zero attached hydrogens (tertiary/aromatic N) is 1. The van der Waals surface area contributed by atoms with Gasteiger partial charge in [-0.05, 0) is 24.5 Å². The third kappa shape index (κ3) is 3.68. The Morgan fingerprint density at radius 1 is 1.22 bits per heavy atom. The molecule has 1 fully saturated rings. The van der Waals surface area contributed by atoms with Crippen LogP contribution in [-0.4, -0.2) is 35.5 Å². The fraction of sp³-hybridized carbons (Fsp3) is 0.312. The van der Waals surface area contributed by atoms with Gasteiger partial charge in [0.25, 0.3) is 11.5 Å². The summed E-state index contributed by atoms with van der Waals surface area (Å²) in [6.07, 6.45) is 0.987. The van der Waals surface area contributed by atoms with Crippen molar-refractivity contribution in [2.24, 2.45) is 5.92 Å². The van der Waals surface area contributed by atoms with Crippen LogP contribution >= 0.6 is 0 Å². The summed E-state index contributed by atoms with van der Waals surface area (Å²) >= 11 is 0. The lowest BCUT2D eigenvalue weighted by Gasteiger charge is -2.18. The molecule has 1 atom stereocenters. The molecule has 1 aromatic carbocycles. The van der Waals surface area contributed by atoms with Crippen molar-refractivity contribution in [1.82, 2.24) is 15.3 Å². The normalized spacial score (nSPS) is 17.2. The number of aromatic amines is 2. The molecule has 7 heteroatoms. The van der Waals surface area contributed by atoms with Gasteiger partial charge < -0.3 is 15.2 Å². The number of carbonyl (C=O) groups excluding carboxylic acids is 1. The average molecular weight is 314 g/mol. The summed E-state index contributed by atoms with van der Waals surface area (Å²) in [4.78, 5) is 41.0. The van der Waals surface area contributed by atoms with Crippen LogP contribution < -0.4 is 21.5 Å². The highest BCUT2D eigenvalue weighted by Gasteiger charge is 2.23. The molecular formula is C16H18N4O3. The van der Waals surface area contributed by atoms with E-state index >= 15 is 0 Å². The van der Waals surface area contributed by atoms with E-state index in [-0.39, 0.29) is 5.69 Å². The molecule has 120 valence electrons. The summed E-state index contributed by atoms with van der Waals surface area (Å²) in [7, 11) is 0. The molecule has 1 saturated heterocycles. The fourth-order valence-electron chi connectivity index (χ4n) is 2.80. The van der Waals surface area contributed by atoms with Gasteiger partial charge in [-0.3, -0.25) is 14.6 Å². The third-order valence-electron chi connectivity index (χ3n) is 3.96. The lowest BCUT2D eigenvalue weighted by Crippen LogP contribution is -2.34. The number of hydrogen-bond donors (Lipinski definition) is 3. The van der Waals surface area contributed by atoms with Gasteiger partial charge in [-0.25, -0.2) is 4.79 Å². The molecule has 1 aliphatic rings. The summed E-state index contributed by atoms with van der Waals surface area (Å²) in [6.45, 7) is 2.33. The van der Waals surface area contributed by atoms with Gasteiger partial charge in [-0.1, -0.05) is 18.2 Å². The second kappa shape index (κ2) is 6.51. The van der Waals surface area contributed by atoms with Gasteiger partial charge in [0.15, 0.2) is 0 Å². The zero-order valence-electron chi connectivity index (χ0n) is 12.5. The summed E-state index contributed by atoms with van der Waals surface area (Å²) in [5.74, 6) is -0.0979. The zero-order chi connectivity index (χ0) is 16.2. The molecule has 0 radical (unpaired) electrons. The lowest BCUT2D eigenvalue weighted by molar-refractivity contribution is 0.0942. The van der Waals surface area contributed by atoms with Crippen molar-refractivity contribution in [2.75, 3.05) is 24.5 Å². The van der Waals surface area contributed by atoms with Gasteiger partial charge in [0, 0.05) is 31.4 Å². The molecule has 0 saturated carbocycles. The molecule has 3 N–H and O–H groups in total. The number of carbonyl (C=O) groups is 1. The third-order valence-corrected chi connectivity index (χ3v) is 3.96. The Hall–Kier alpha value is -2.83. The first-order valence-electron chi connectivity index (χ1n) is 7.53. The molecule has 0 aliphatic carbocycles. The molecule has 1 amide bonds. The Labute approximate surface area is 132 Å². The van der Waals surface area contributed by atoms with Crippen LogP contribution in [0.25, 0.3) is 0 Å². The largest absolute Gasteiger partial charge is 0.371 e. The second-order valence-electron chi connectivity index (χ2n) is 5.65. The van der Waals surface area contributed by atoms with Crippen molar-refractivity contribution in [2.45, 2.75) is 6.42 Å². The van der Waals surface area contributed by atoms with Crippen LogP contribution in [0, 0.1) is 5.92 Å². The first kappa shape index (κ1) is 15.1. The molecule has 0 spiro atoms. The highest BCUT2D eigenvalue weighted by molar-refractivity contribution is 5.92. The van der Waals surface area contributed by atoms with Gasteiger partial charge in [0.05, 0.1) is 0 Å². The quantitative estimate of drug-likeness (QED) is 0.757. The minimum atomic E-state index is -0.682. The molecule has 23 heavy (non-hydrogen) atoms. The van der Waals surface area contributed by atoms with Crippen molar-refractivity contribution in [1.29, 1.82) is 0 Å². The fourth-order valence-corrected chi connectivity index (χ4v) is 2.80. The first-order valence-corrected chi connectivity index (χ1v) is 7.53. The Morgan fingerprint density at radius 2 is 2.00 bits per heavy atom. The molecule has 2 heterocycles. The van der Waals surface area contributed by atoms with Crippen LogP contribution in [0.15, 0.2) is 46.0 Å². The van der Waals surface area contributed by atoms with E-state index in [1.807, 2.05) is 23.2 Å². The summed E-state index contributed by atoms with van der Waals surface area (Å²) < 4.78 is 0. The van der Waals surface area contributed by atoms with E-state index in [1.165, 1.54) is 5.69 Å². The summed E-state index contributed by atoms with van der Waals surface area (Å²) in [5, 5.41) is 2.78. The zero-order valence-corrected chi connectivity index (χ0v) is 12.5. The molecular weight excluding hydrogens is 296 g/mol. The Kier molecular flexibility index (Phi) is 4.27. The topological polar surface area (TPSA) is 98.1 Å². The molecule has 2 aromatic rings. The van der Waals surface area contributed by atoms with Crippen LogP contribution in [0.1, 0.15) is 16.9 Å². The number of benzene rings is 1. The highest BCUT2D eigenvalue weighted by Crippen LogP contribution is 2.22. The van der Waals surface area contributed by atoms with E-state index in [1.54, 1.807) is 0 Å². The van der Waals surface area contributed by atoms with Gasteiger partial charge in [-0.2, -0.15) is 0 Å². The van der Waals surface area contributed by atoms with Gasteiger partial charge >= 0.3 is 5.69 Å². The maximum Gasteiger partial charge on any atom is 0.326 e. The number of rotatable bonds is 4. The predicted molar refractivity (Wildman–Crippen MR) is 86.8 cm³/mol. The molecule has 1 aromatic heterocycles. The Bertz CT molecular complexity index is 768. The Balaban J connectivity index is 1.56. The van der Waals surface area contributed by atoms with Gasteiger partial charge in [0.1, 0.15) is 5.69 Å². The first-order chi connectivity index (χ1) is 11.1. The minimum Gasteiger partial charge on any atom is -0.371 e. The monoisotopic (exact) mass is 314 g/mol. The van der Waals surface area contributed by atoms with Crippen molar-refractivity contribution in [3.05, 3.63) is 62.9 Å². The maximum absolute atomic E-state index is 12.0. The standard InChI is InChI=1S/C16H18N4O3/c21-14-8-13(18-16(23)19-14)15(22)17-9-11-6-7-20(10-11)12-4-2-1-3-5-12/h1-5,8,11H,6-7,9-10H2,(H,17,22)(H2,18,19,21,23). The van der Waals surface area contributed by atoms with E-state index in [0.29, 0.717) is 12.5 Å². The van der Waals surface area contributed by atoms with Crippen LogP contribution in [0.2, 0.25) is 0 Å². The van der Waals surface area contributed by atoms with Gasteiger partial charge in [0.2, 0.25) is 0 Å². The van der Waals surface area contributed by atoms with E-state index in [0.717, 1.165) is 25.6 Å². The van der Waals surface area contributed by atoms with Crippen LogP contribution in [0.5, 0.6) is 0 Å². The smallest absolute Gasteiger partial charge is 0.326 e. The summed E-state index contributed by atoms with van der Waals surface area (Å²) in [5.41, 5.74) is -0.106. The average Bonchev–Trinajstić information content (AvgIpc) is 3.01. The number of H-pyrrole nitrogens is 2. The summed E-state index contributed by atoms with van der Waals surface area (Å²) in [6, 6.07) is 11.2. The van der Waals surface area contributed by atoms with E-state index in [9.17, 15) is 14.4 Å². The van der Waals surface area contributed by atoms with E-state index in [4.69, 9.17) is 0 Å². The predicted octanol–water partition coefficient (Wildman–Crippen LogP) is 0.320. The highest BCUT2D eigenvalue weighted by atomic mass is 16.2. The number of para-hydroxylation sites is 1. The van der Waals surface area contributed by atoms with E-state index in [2.05, 4.69) is 27.3 Å². The number of aromatic nitrogens is 2.